The number of ketones is 1. The molecule has 4 N–H and O–H groups in total. The molecule has 3 amide bonds. The summed E-state index contributed by atoms with van der Waals surface area (Å²) in [5.74, 6) is -3.15. The van der Waals surface area contributed by atoms with E-state index in [4.69, 9.17) is 22.1 Å². The summed E-state index contributed by atoms with van der Waals surface area (Å²) in [7, 11) is 0. The number of Topliss-reactive ketones (excluding diaryl/α,β-unsaturated/α-hetero) is 1. The van der Waals surface area contributed by atoms with Crippen molar-refractivity contribution in [3.8, 4) is 11.5 Å². The number of rotatable bonds is 6. The maximum Gasteiger partial charge on any atom is 0.417 e. The fourth-order valence-corrected chi connectivity index (χ4v) is 2.85. The van der Waals surface area contributed by atoms with Gasteiger partial charge in [0.1, 0.15) is 23.0 Å². The molecule has 0 unspecified atom stereocenters. The molecule has 0 aliphatic rings. The maximum absolute atomic E-state index is 14.4. The number of urea groups is 1. The van der Waals surface area contributed by atoms with Crippen LogP contribution in [0.25, 0.3) is 0 Å². The number of hydrogen-bond acceptors (Lipinski definition) is 5. The van der Waals surface area contributed by atoms with E-state index in [1.54, 1.807) is 0 Å². The van der Waals surface area contributed by atoms with Crippen molar-refractivity contribution in [2.24, 2.45) is 5.73 Å². The van der Waals surface area contributed by atoms with Gasteiger partial charge >= 0.3 is 12.2 Å². The molecular weight excluding hydrogens is 484 g/mol. The minimum absolute atomic E-state index is 0.0281. The van der Waals surface area contributed by atoms with E-state index in [2.05, 4.69) is 15.6 Å². The maximum atomic E-state index is 14.4. The molecule has 3 rings (SSSR count). The molecule has 0 saturated carbocycles. The van der Waals surface area contributed by atoms with Gasteiger partial charge in [0.25, 0.3) is 11.7 Å². The van der Waals surface area contributed by atoms with Gasteiger partial charge in [-0.1, -0.05) is 11.6 Å². The van der Waals surface area contributed by atoms with Gasteiger partial charge < -0.3 is 21.1 Å². The molecule has 0 aliphatic carbocycles. The molecular formula is C21H13ClF4N4O4. The van der Waals surface area contributed by atoms with Gasteiger partial charge in [0, 0.05) is 24.0 Å². The van der Waals surface area contributed by atoms with Crippen LogP contribution in [0.5, 0.6) is 11.5 Å². The van der Waals surface area contributed by atoms with Crippen molar-refractivity contribution in [3.05, 3.63) is 76.8 Å². The number of halogens is 5. The zero-order valence-corrected chi connectivity index (χ0v) is 17.5. The molecule has 0 spiro atoms. The summed E-state index contributed by atoms with van der Waals surface area (Å²) < 4.78 is 58.7. The minimum atomic E-state index is -4.73. The molecule has 0 saturated heterocycles. The van der Waals surface area contributed by atoms with Crippen molar-refractivity contribution in [1.29, 1.82) is 0 Å². The van der Waals surface area contributed by atoms with Crippen LogP contribution in [-0.4, -0.2) is 22.7 Å². The number of ether oxygens (including phenoxy) is 1. The van der Waals surface area contributed by atoms with E-state index >= 15 is 0 Å². The molecule has 34 heavy (non-hydrogen) atoms. The Morgan fingerprint density at radius 2 is 1.68 bits per heavy atom. The lowest BCUT2D eigenvalue weighted by molar-refractivity contribution is -0.137. The molecule has 13 heteroatoms. The fourth-order valence-electron chi connectivity index (χ4n) is 2.63. The number of benzene rings is 2. The Labute approximate surface area is 193 Å². The molecule has 0 radical (unpaired) electrons. The first-order chi connectivity index (χ1) is 15.9. The van der Waals surface area contributed by atoms with Crippen molar-refractivity contribution < 1.29 is 36.7 Å². The molecule has 0 atom stereocenters. The van der Waals surface area contributed by atoms with E-state index in [-0.39, 0.29) is 28.6 Å². The minimum Gasteiger partial charge on any atom is -0.457 e. The van der Waals surface area contributed by atoms with Gasteiger partial charge in [0.05, 0.1) is 16.3 Å². The number of carbonyl (C=O) groups excluding carboxylic acids is 3. The normalized spacial score (nSPS) is 11.0. The number of pyridine rings is 1. The highest BCUT2D eigenvalue weighted by Crippen LogP contribution is 2.36. The summed E-state index contributed by atoms with van der Waals surface area (Å²) in [4.78, 5) is 38.4. The second-order valence-corrected chi connectivity index (χ2v) is 6.99. The van der Waals surface area contributed by atoms with Crippen molar-refractivity contribution >= 4 is 40.7 Å². The first kappa shape index (κ1) is 24.5. The zero-order chi connectivity index (χ0) is 25.0. The second kappa shape index (κ2) is 9.75. The number of nitrogens with one attached hydrogen (secondary N) is 2. The highest BCUT2D eigenvalue weighted by molar-refractivity contribution is 6.41. The summed E-state index contributed by atoms with van der Waals surface area (Å²) in [6.45, 7) is 0. The van der Waals surface area contributed by atoms with Crippen LogP contribution in [0.3, 0.4) is 0 Å². The van der Waals surface area contributed by atoms with Gasteiger partial charge in [-0.3, -0.25) is 14.6 Å². The van der Waals surface area contributed by atoms with Gasteiger partial charge in [0.15, 0.2) is 0 Å². The lowest BCUT2D eigenvalue weighted by Gasteiger charge is -2.13. The predicted molar refractivity (Wildman–Crippen MR) is 113 cm³/mol. The summed E-state index contributed by atoms with van der Waals surface area (Å²) in [5.41, 5.74) is 2.99. The van der Waals surface area contributed by atoms with E-state index in [1.807, 2.05) is 0 Å². The van der Waals surface area contributed by atoms with E-state index in [1.165, 1.54) is 18.3 Å². The Morgan fingerprint density at radius 3 is 2.32 bits per heavy atom. The van der Waals surface area contributed by atoms with E-state index in [9.17, 15) is 31.9 Å². The largest absolute Gasteiger partial charge is 0.457 e. The third-order valence-corrected chi connectivity index (χ3v) is 4.47. The standard InChI is InChI=1S/C21H13ClF4N4O4/c22-14-3-1-10(7-13(14)21(24,25)26)29-20(33)30-16-4-2-11(8-15(16)23)34-12-5-6-28-17(9-12)18(31)19(27)32/h1-9H,(H2,27,32)(H2,29,30,33). The first-order valence-electron chi connectivity index (χ1n) is 9.16. The van der Waals surface area contributed by atoms with Crippen LogP contribution in [0, 0.1) is 5.82 Å². The quantitative estimate of drug-likeness (QED) is 0.252. The molecule has 3 aromatic rings. The second-order valence-electron chi connectivity index (χ2n) is 6.59. The number of nitrogens with zero attached hydrogens (tertiary/aromatic N) is 1. The molecule has 176 valence electrons. The number of nitrogens with two attached hydrogens (primary N) is 1. The van der Waals surface area contributed by atoms with Gasteiger partial charge in [-0.2, -0.15) is 13.2 Å². The van der Waals surface area contributed by atoms with Crippen LogP contribution in [0.4, 0.5) is 33.7 Å². The van der Waals surface area contributed by atoms with Gasteiger partial charge in [0.2, 0.25) is 0 Å². The van der Waals surface area contributed by atoms with Crippen LogP contribution in [0.2, 0.25) is 5.02 Å². The van der Waals surface area contributed by atoms with Gasteiger partial charge in [-0.05, 0) is 36.4 Å². The molecule has 2 aromatic carbocycles. The Kier molecular flexibility index (Phi) is 7.01. The van der Waals surface area contributed by atoms with E-state index in [0.717, 1.165) is 30.3 Å². The Morgan fingerprint density at radius 1 is 0.971 bits per heavy atom. The van der Waals surface area contributed by atoms with Crippen LogP contribution in [0.15, 0.2) is 54.7 Å². The number of aromatic nitrogens is 1. The average Bonchev–Trinajstić information content (AvgIpc) is 2.76. The van der Waals surface area contributed by atoms with E-state index < -0.39 is 40.3 Å². The van der Waals surface area contributed by atoms with Crippen LogP contribution < -0.4 is 21.1 Å². The summed E-state index contributed by atoms with van der Waals surface area (Å²) >= 11 is 5.53. The molecule has 8 nitrogen and oxygen atoms in total. The van der Waals surface area contributed by atoms with Gasteiger partial charge in [-0.25, -0.2) is 9.18 Å². The van der Waals surface area contributed by atoms with Crippen LogP contribution in [0.1, 0.15) is 16.1 Å². The third-order valence-electron chi connectivity index (χ3n) is 4.14. The molecule has 0 aliphatic heterocycles. The Balaban J connectivity index is 1.69. The Bertz CT molecular complexity index is 1280. The number of alkyl halides is 3. The number of carbonyl (C=O) groups is 3. The predicted octanol–water partition coefficient (Wildman–Crippen LogP) is 5.00. The summed E-state index contributed by atoms with van der Waals surface area (Å²) in [6, 6.07) is 7.55. The molecule has 0 fully saturated rings. The lowest BCUT2D eigenvalue weighted by Crippen LogP contribution is -2.23. The molecule has 1 aromatic heterocycles. The molecule has 0 bridgehead atoms. The number of amides is 3. The topological polar surface area (TPSA) is 123 Å². The highest BCUT2D eigenvalue weighted by Gasteiger charge is 2.33. The molecule has 1 heterocycles. The van der Waals surface area contributed by atoms with Crippen LogP contribution >= 0.6 is 11.6 Å². The van der Waals surface area contributed by atoms with Gasteiger partial charge in [-0.15, -0.1) is 0 Å². The zero-order valence-electron chi connectivity index (χ0n) is 16.7. The van der Waals surface area contributed by atoms with Crippen molar-refractivity contribution in [2.75, 3.05) is 10.6 Å². The number of anilines is 2. The van der Waals surface area contributed by atoms with Crippen molar-refractivity contribution in [3.63, 3.8) is 0 Å². The van der Waals surface area contributed by atoms with Crippen LogP contribution in [-0.2, 0) is 11.0 Å². The third kappa shape index (κ3) is 5.98. The average molecular weight is 497 g/mol. The lowest BCUT2D eigenvalue weighted by atomic mass is 10.2. The smallest absolute Gasteiger partial charge is 0.417 e. The van der Waals surface area contributed by atoms with Crippen molar-refractivity contribution in [1.82, 2.24) is 4.98 Å². The Hall–Kier alpha value is -4.19. The van der Waals surface area contributed by atoms with Crippen molar-refractivity contribution in [2.45, 2.75) is 6.18 Å². The summed E-state index contributed by atoms with van der Waals surface area (Å²) in [6.07, 6.45) is -3.54. The highest BCUT2D eigenvalue weighted by atomic mass is 35.5. The summed E-state index contributed by atoms with van der Waals surface area (Å²) in [5, 5.41) is 3.77. The van der Waals surface area contributed by atoms with E-state index in [0.29, 0.717) is 6.07 Å². The number of hydrogen-bond donors (Lipinski definition) is 3. The first-order valence-corrected chi connectivity index (χ1v) is 9.54. The fraction of sp³-hybridized carbons (Fsp3) is 0.0476. The SMILES string of the molecule is NC(=O)C(=O)c1cc(Oc2ccc(NC(=O)Nc3ccc(Cl)c(C(F)(F)F)c3)c(F)c2)ccn1. The monoisotopic (exact) mass is 496 g/mol. The number of primary amides is 1.